The number of para-hydroxylation sites is 17. The van der Waals surface area contributed by atoms with E-state index in [-0.39, 0.29) is 5.41 Å². The summed E-state index contributed by atoms with van der Waals surface area (Å²) in [6.45, 7) is 4.62. The van der Waals surface area contributed by atoms with Crippen LogP contribution < -0.4 is 50.0 Å². The van der Waals surface area contributed by atoms with Gasteiger partial charge < -0.3 is 29.2 Å². The van der Waals surface area contributed by atoms with E-state index in [4.69, 9.17) is 4.74 Å². The van der Waals surface area contributed by atoms with Crippen molar-refractivity contribution in [3.8, 4) is 11.5 Å². The summed E-state index contributed by atoms with van der Waals surface area (Å²) in [6, 6.07) is 165. The zero-order valence-electron chi connectivity index (χ0n) is 63.0. The van der Waals surface area contributed by atoms with Gasteiger partial charge in [-0.1, -0.05) is 347 Å². The van der Waals surface area contributed by atoms with Crippen molar-refractivity contribution in [2.24, 2.45) is 0 Å². The molecular weight excluding hydrogens is 1410 g/mol. The van der Waals surface area contributed by atoms with Crippen LogP contribution in [0.25, 0.3) is 0 Å². The Hall–Kier alpha value is -13.9. The highest BCUT2D eigenvalue weighted by Crippen LogP contribution is 2.56. The summed E-state index contributed by atoms with van der Waals surface area (Å²) in [6.07, 6.45) is 0. The molecule has 17 aromatic rings. The van der Waals surface area contributed by atoms with E-state index in [0.717, 1.165) is 28.6 Å². The van der Waals surface area contributed by atoms with E-state index in [0.29, 0.717) is 0 Å². The van der Waals surface area contributed by atoms with Gasteiger partial charge in [-0.15, -0.1) is 0 Å². The van der Waals surface area contributed by atoms with Crippen molar-refractivity contribution in [3.05, 3.63) is 478 Å². The number of hydrogen-bond donors (Lipinski definition) is 0. The molecule has 0 amide bonds. The van der Waals surface area contributed by atoms with Gasteiger partial charge in [-0.25, -0.2) is 0 Å². The van der Waals surface area contributed by atoms with Gasteiger partial charge in [-0.2, -0.15) is 0 Å². The van der Waals surface area contributed by atoms with Crippen LogP contribution >= 0.6 is 11.8 Å². The highest BCUT2D eigenvalue weighted by molar-refractivity contribution is 7.99. The predicted octanol–water partition coefficient (Wildman–Crippen LogP) is 26.7. The van der Waals surface area contributed by atoms with E-state index >= 15 is 0 Å². The lowest BCUT2D eigenvalue weighted by molar-refractivity contribution is 0.477. The molecule has 0 spiro atoms. The Labute approximate surface area is 669 Å². The Bertz CT molecular complexity index is 5440. The summed E-state index contributed by atoms with van der Waals surface area (Å²) in [5, 5.41) is 5.66. The summed E-state index contributed by atoms with van der Waals surface area (Å²) in [7, 11) is -2.30. The van der Waals surface area contributed by atoms with Gasteiger partial charge >= 0.3 is 0 Å². The number of hydrogen-bond acceptors (Lipinski definition) is 7. The van der Waals surface area contributed by atoms with Crippen LogP contribution in [0.2, 0.25) is 0 Å². The predicted molar refractivity (Wildman–Crippen MR) is 479 cm³/mol. The normalized spacial score (nSPS) is 12.7. The second-order valence-corrected chi connectivity index (χ2v) is 33.2. The van der Waals surface area contributed by atoms with Gasteiger partial charge in [0.2, 0.25) is 0 Å². The molecule has 21 rings (SSSR count). The molecule has 17 aromatic carbocycles. The molecule has 0 unspecified atom stereocenters. The first kappa shape index (κ1) is 72.0. The fourth-order valence-electron chi connectivity index (χ4n) is 16.1. The molecule has 4 heterocycles. The van der Waals surface area contributed by atoms with E-state index in [1.807, 2.05) is 54.2 Å². The molecule has 0 aromatic heterocycles. The highest BCUT2D eigenvalue weighted by Gasteiger charge is 2.42. The van der Waals surface area contributed by atoms with Gasteiger partial charge in [0.05, 0.1) is 56.9 Å². The van der Waals surface area contributed by atoms with Gasteiger partial charge in [-0.3, -0.25) is 0 Å². The van der Waals surface area contributed by atoms with E-state index in [1.54, 1.807) is 0 Å². The van der Waals surface area contributed by atoms with Crippen LogP contribution in [0.4, 0.5) is 85.3 Å². The lowest BCUT2D eigenvalue weighted by Gasteiger charge is -2.42. The monoisotopic (exact) mass is 1490 g/mol. The number of rotatable bonds is 9. The molecule has 0 fully saturated rings. The maximum atomic E-state index is 5.99. The molecule has 0 saturated carbocycles. The van der Waals surface area contributed by atoms with Crippen molar-refractivity contribution in [3.63, 3.8) is 0 Å². The minimum Gasteiger partial charge on any atom is -0.453 e. The van der Waals surface area contributed by atoms with Crippen LogP contribution in [0, 0.1) is 0 Å². The summed E-state index contributed by atoms with van der Waals surface area (Å²) >= 11 is 1.84. The average molecular weight is 1490 g/mol. The fourth-order valence-corrected chi connectivity index (χ4v) is 21.9. The van der Waals surface area contributed by atoms with Crippen molar-refractivity contribution < 1.29 is 4.74 Å². The zero-order chi connectivity index (χ0) is 76.2. The van der Waals surface area contributed by atoms with Gasteiger partial charge in [0.25, 0.3) is 0 Å². The summed E-state index contributed by atoms with van der Waals surface area (Å²) in [5.74, 6) is 1.77. The van der Waals surface area contributed by atoms with E-state index < -0.39 is 8.07 Å². The van der Waals surface area contributed by atoms with E-state index in [9.17, 15) is 0 Å². The first-order valence-electron chi connectivity index (χ1n) is 38.5. The molecule has 0 saturated heterocycles. The highest BCUT2D eigenvalue weighted by atomic mass is 32.2. The average Bonchev–Trinajstić information content (AvgIpc) is 0.732. The first-order chi connectivity index (χ1) is 55.9. The first-order valence-corrected chi connectivity index (χ1v) is 41.3. The smallest absolute Gasteiger partial charge is 0.179 e. The van der Waals surface area contributed by atoms with Crippen LogP contribution in [-0.2, 0) is 5.41 Å². The topological polar surface area (TPSA) is 25.4 Å². The summed E-state index contributed by atoms with van der Waals surface area (Å²) in [4.78, 5) is 14.2. The maximum Gasteiger partial charge on any atom is 0.179 e. The standard InChI is InChI=1S/C24H18N2.C24H20Si.C21H19N.C18H13NO.C18H13NS/c1-3-11-19(12-4-1)25-21-15-7-9-17-23(21)26(20-13-5-2-6-14-20)24-18-10-8-16-22(24)25;1-5-13-21(14-6-1)25(22-15-7-2-8-16-22,23-17-9-3-10-18-23)24-19-11-4-12-20-24;1-21(2)17-12-6-8-14-19(17)22(16-10-4-3-5-11-16)20-15-9-7-13-18(20)21;2*1-2-8-14(9-3-1)19-15-10-4-6-12-17(15)20-18-13-7-5-11-16(18)19/h1-18H;1-20H;3-15H,1-2H3;2*1-13H. The van der Waals surface area contributed by atoms with E-state index in [1.165, 1.54) is 110 Å². The van der Waals surface area contributed by atoms with Crippen LogP contribution in [0.15, 0.2) is 477 Å². The molecule has 0 atom stereocenters. The van der Waals surface area contributed by atoms with Crippen LogP contribution in [0.3, 0.4) is 0 Å². The maximum absolute atomic E-state index is 5.99. The SMILES string of the molecule is CC1(C)c2ccccc2N(c2ccccc2)c2ccccc21.c1ccc(N2c3ccccc3N(c3ccccc3)c3ccccc32)cc1.c1ccc(N2c3ccccc3Oc3ccccc32)cc1.c1ccc(N2c3ccccc3Sc3ccccc32)cc1.c1ccc([Si](c2ccccc2)(c2ccccc2)c2ccccc2)cc1. The Morgan fingerprint density at radius 2 is 0.389 bits per heavy atom. The second-order valence-electron chi connectivity index (χ2n) is 28.3. The third-order valence-electron chi connectivity index (χ3n) is 21.1. The fraction of sp³-hybridized carbons (Fsp3) is 0.0286. The molecule has 4 aliphatic rings. The largest absolute Gasteiger partial charge is 0.453 e. The number of ether oxygens (including phenoxy) is 1. The minimum absolute atomic E-state index is 0.0124. The third-order valence-corrected chi connectivity index (χ3v) is 27.1. The molecule has 0 aliphatic carbocycles. The molecule has 544 valence electrons. The molecule has 6 nitrogen and oxygen atoms in total. The van der Waals surface area contributed by atoms with Crippen LogP contribution in [0.5, 0.6) is 11.5 Å². The number of anilines is 15. The Balaban J connectivity index is 0.000000103. The molecule has 4 aliphatic heterocycles. The van der Waals surface area contributed by atoms with Gasteiger partial charge in [-0.05, 0) is 177 Å². The number of benzene rings is 17. The molecule has 0 radical (unpaired) electrons. The Morgan fingerprint density at radius 1 is 0.195 bits per heavy atom. The minimum atomic E-state index is -2.30. The van der Waals surface area contributed by atoms with Crippen molar-refractivity contribution in [2.45, 2.75) is 29.1 Å². The lowest BCUT2D eigenvalue weighted by atomic mass is 9.73. The molecule has 0 bridgehead atoms. The molecule has 0 N–H and O–H groups in total. The molecule has 8 heteroatoms. The molecule has 113 heavy (non-hydrogen) atoms. The Kier molecular flexibility index (Phi) is 21.1. The van der Waals surface area contributed by atoms with Crippen molar-refractivity contribution in [2.75, 3.05) is 24.5 Å². The second kappa shape index (κ2) is 33.1. The lowest BCUT2D eigenvalue weighted by Crippen LogP contribution is -2.74. The van der Waals surface area contributed by atoms with Crippen LogP contribution in [0.1, 0.15) is 25.0 Å². The van der Waals surface area contributed by atoms with Crippen molar-refractivity contribution in [1.29, 1.82) is 0 Å². The van der Waals surface area contributed by atoms with Crippen molar-refractivity contribution in [1.82, 2.24) is 0 Å². The summed E-state index contributed by atoms with van der Waals surface area (Å²) in [5.41, 5.74) is 20.6. The Morgan fingerprint density at radius 3 is 0.681 bits per heavy atom. The quantitative estimate of drug-likeness (QED) is 0.105. The van der Waals surface area contributed by atoms with E-state index in [2.05, 4.69) is 463 Å². The van der Waals surface area contributed by atoms with Gasteiger partial charge in [0.1, 0.15) is 0 Å². The summed E-state index contributed by atoms with van der Waals surface area (Å²) < 4.78 is 5.99. The number of fused-ring (bicyclic) bond motifs is 8. The number of nitrogens with zero attached hydrogens (tertiary/aromatic N) is 5. The van der Waals surface area contributed by atoms with Crippen molar-refractivity contribution >= 4 is 126 Å². The van der Waals surface area contributed by atoms with Gasteiger partial charge in [0, 0.05) is 43.6 Å². The zero-order valence-corrected chi connectivity index (χ0v) is 64.8. The molecular formula is C105H83N5OSSi. The van der Waals surface area contributed by atoms with Gasteiger partial charge in [0.15, 0.2) is 19.6 Å². The third kappa shape index (κ3) is 14.5. The van der Waals surface area contributed by atoms with Crippen LogP contribution in [-0.4, -0.2) is 8.07 Å².